The number of hydrogen-bond donors (Lipinski definition) is 2. The minimum Gasteiger partial charge on any atom is -0.376 e. The normalized spacial score (nSPS) is 10.2. The largest absolute Gasteiger partial charge is 0.376 e. The average Bonchev–Trinajstić information content (AvgIpc) is 2.43. The molecule has 0 aliphatic rings. The Morgan fingerprint density at radius 2 is 1.80 bits per heavy atom. The highest BCUT2D eigenvalue weighted by Gasteiger charge is 2.03. The van der Waals surface area contributed by atoms with Crippen LogP contribution in [0.3, 0.4) is 0 Å². The van der Waals surface area contributed by atoms with E-state index >= 15 is 0 Å². The molecular formula is C15H14BrClN2O. The lowest BCUT2D eigenvalue weighted by atomic mass is 10.2. The van der Waals surface area contributed by atoms with E-state index in [9.17, 15) is 4.79 Å². The van der Waals surface area contributed by atoms with E-state index in [1.54, 1.807) is 0 Å². The molecular weight excluding hydrogens is 340 g/mol. The van der Waals surface area contributed by atoms with Crippen LogP contribution in [0.15, 0.2) is 46.9 Å². The van der Waals surface area contributed by atoms with Crippen LogP contribution in [0.4, 0.5) is 11.4 Å². The third-order valence-electron chi connectivity index (χ3n) is 2.75. The second-order valence-electron chi connectivity index (χ2n) is 4.37. The standard InChI is InChI=1S/C15H14BrClN2O/c1-10-2-5-13(8-14(10)17)18-9-15(20)19-12-6-3-11(16)4-7-12/h2-8,18H,9H2,1H3,(H,19,20). The van der Waals surface area contributed by atoms with Gasteiger partial charge >= 0.3 is 0 Å². The summed E-state index contributed by atoms with van der Waals surface area (Å²) in [4.78, 5) is 11.8. The number of hydrogen-bond acceptors (Lipinski definition) is 2. The lowest BCUT2D eigenvalue weighted by Gasteiger charge is -2.09. The molecule has 2 aromatic carbocycles. The number of nitrogens with one attached hydrogen (secondary N) is 2. The molecule has 0 saturated carbocycles. The Morgan fingerprint density at radius 1 is 1.15 bits per heavy atom. The zero-order chi connectivity index (χ0) is 14.5. The van der Waals surface area contributed by atoms with Crippen LogP contribution in [0.25, 0.3) is 0 Å². The summed E-state index contributed by atoms with van der Waals surface area (Å²) in [5, 5.41) is 6.53. The number of anilines is 2. The minimum absolute atomic E-state index is 0.107. The fraction of sp³-hybridized carbons (Fsp3) is 0.133. The molecule has 0 fully saturated rings. The van der Waals surface area contributed by atoms with Crippen molar-refractivity contribution in [1.82, 2.24) is 0 Å². The van der Waals surface area contributed by atoms with Crippen LogP contribution in [-0.4, -0.2) is 12.5 Å². The minimum atomic E-state index is -0.107. The molecule has 3 nitrogen and oxygen atoms in total. The van der Waals surface area contributed by atoms with Crippen LogP contribution >= 0.6 is 27.5 Å². The fourth-order valence-corrected chi connectivity index (χ4v) is 2.07. The number of carbonyl (C=O) groups is 1. The van der Waals surface area contributed by atoms with Crippen LogP contribution in [0.5, 0.6) is 0 Å². The van der Waals surface area contributed by atoms with E-state index in [-0.39, 0.29) is 12.5 Å². The van der Waals surface area contributed by atoms with Gasteiger partial charge in [-0.2, -0.15) is 0 Å². The van der Waals surface area contributed by atoms with Gasteiger partial charge in [0.15, 0.2) is 0 Å². The van der Waals surface area contributed by atoms with Crippen LogP contribution < -0.4 is 10.6 Å². The number of benzene rings is 2. The predicted octanol–water partition coefficient (Wildman–Crippen LogP) is 4.46. The van der Waals surface area contributed by atoms with Crippen molar-refractivity contribution in [3.8, 4) is 0 Å². The highest BCUT2D eigenvalue weighted by Crippen LogP contribution is 2.19. The Hall–Kier alpha value is -1.52. The van der Waals surface area contributed by atoms with Gasteiger partial charge in [-0.3, -0.25) is 4.79 Å². The van der Waals surface area contributed by atoms with Crippen molar-refractivity contribution >= 4 is 44.8 Å². The van der Waals surface area contributed by atoms with Gasteiger partial charge in [-0.05, 0) is 48.9 Å². The highest BCUT2D eigenvalue weighted by molar-refractivity contribution is 9.10. The Balaban J connectivity index is 1.88. The molecule has 0 atom stereocenters. The average molecular weight is 354 g/mol. The Kier molecular flexibility index (Phi) is 5.04. The van der Waals surface area contributed by atoms with Gasteiger partial charge in [0.2, 0.25) is 5.91 Å². The zero-order valence-corrected chi connectivity index (χ0v) is 13.3. The van der Waals surface area contributed by atoms with Crippen molar-refractivity contribution in [2.75, 3.05) is 17.2 Å². The molecule has 0 aliphatic heterocycles. The van der Waals surface area contributed by atoms with Gasteiger partial charge < -0.3 is 10.6 Å². The number of carbonyl (C=O) groups excluding carboxylic acids is 1. The van der Waals surface area contributed by atoms with E-state index in [0.29, 0.717) is 5.02 Å². The van der Waals surface area contributed by atoms with Gasteiger partial charge in [-0.25, -0.2) is 0 Å². The lowest BCUT2D eigenvalue weighted by Crippen LogP contribution is -2.21. The van der Waals surface area contributed by atoms with Gasteiger partial charge in [-0.1, -0.05) is 33.6 Å². The number of rotatable bonds is 4. The molecule has 20 heavy (non-hydrogen) atoms. The second-order valence-corrected chi connectivity index (χ2v) is 5.70. The Morgan fingerprint density at radius 3 is 2.45 bits per heavy atom. The van der Waals surface area contributed by atoms with Crippen LogP contribution in [0.1, 0.15) is 5.56 Å². The van der Waals surface area contributed by atoms with Crippen molar-refractivity contribution < 1.29 is 4.79 Å². The number of amides is 1. The summed E-state index contributed by atoms with van der Waals surface area (Å²) in [6.07, 6.45) is 0. The molecule has 0 radical (unpaired) electrons. The molecule has 0 heterocycles. The maximum absolute atomic E-state index is 11.8. The van der Waals surface area contributed by atoms with Crippen LogP contribution in [0, 0.1) is 6.92 Å². The molecule has 0 bridgehead atoms. The highest BCUT2D eigenvalue weighted by atomic mass is 79.9. The van der Waals surface area contributed by atoms with E-state index in [1.807, 2.05) is 49.4 Å². The summed E-state index contributed by atoms with van der Waals surface area (Å²) < 4.78 is 0.975. The van der Waals surface area contributed by atoms with E-state index in [0.717, 1.165) is 21.4 Å². The number of aryl methyl sites for hydroxylation is 1. The Bertz CT molecular complexity index is 614. The first-order valence-electron chi connectivity index (χ1n) is 6.10. The molecule has 104 valence electrons. The summed E-state index contributed by atoms with van der Waals surface area (Å²) >= 11 is 9.38. The van der Waals surface area contributed by atoms with Gasteiger partial charge in [-0.15, -0.1) is 0 Å². The monoisotopic (exact) mass is 352 g/mol. The quantitative estimate of drug-likeness (QED) is 0.852. The predicted molar refractivity (Wildman–Crippen MR) is 87.5 cm³/mol. The van der Waals surface area contributed by atoms with Crippen molar-refractivity contribution in [2.45, 2.75) is 6.92 Å². The van der Waals surface area contributed by atoms with E-state index in [1.165, 1.54) is 0 Å². The lowest BCUT2D eigenvalue weighted by molar-refractivity contribution is -0.114. The molecule has 0 spiro atoms. The third-order valence-corrected chi connectivity index (χ3v) is 3.69. The second kappa shape index (κ2) is 6.77. The van der Waals surface area contributed by atoms with Gasteiger partial charge in [0.05, 0.1) is 6.54 Å². The van der Waals surface area contributed by atoms with Crippen LogP contribution in [0.2, 0.25) is 5.02 Å². The molecule has 2 rings (SSSR count). The summed E-state index contributed by atoms with van der Waals surface area (Å²) in [7, 11) is 0. The summed E-state index contributed by atoms with van der Waals surface area (Å²) in [6, 6.07) is 13.1. The van der Waals surface area contributed by atoms with E-state index < -0.39 is 0 Å². The number of halogens is 2. The Labute approximate surface area is 131 Å². The molecule has 2 aromatic rings. The molecule has 0 unspecified atom stereocenters. The van der Waals surface area contributed by atoms with Crippen molar-refractivity contribution in [3.05, 3.63) is 57.5 Å². The first-order valence-corrected chi connectivity index (χ1v) is 7.27. The first kappa shape index (κ1) is 14.9. The third kappa shape index (κ3) is 4.25. The molecule has 1 amide bonds. The SMILES string of the molecule is Cc1ccc(NCC(=O)Nc2ccc(Br)cc2)cc1Cl. The smallest absolute Gasteiger partial charge is 0.243 e. The van der Waals surface area contributed by atoms with Gasteiger partial charge in [0.1, 0.15) is 0 Å². The molecule has 5 heteroatoms. The van der Waals surface area contributed by atoms with Crippen molar-refractivity contribution in [2.24, 2.45) is 0 Å². The maximum atomic E-state index is 11.8. The zero-order valence-electron chi connectivity index (χ0n) is 10.9. The topological polar surface area (TPSA) is 41.1 Å². The molecule has 2 N–H and O–H groups in total. The fourth-order valence-electron chi connectivity index (χ4n) is 1.62. The summed E-state index contributed by atoms with van der Waals surface area (Å²) in [5.41, 5.74) is 2.60. The van der Waals surface area contributed by atoms with Gasteiger partial charge in [0, 0.05) is 20.9 Å². The van der Waals surface area contributed by atoms with E-state index in [4.69, 9.17) is 11.6 Å². The van der Waals surface area contributed by atoms with Crippen molar-refractivity contribution in [3.63, 3.8) is 0 Å². The molecule has 0 aromatic heterocycles. The van der Waals surface area contributed by atoms with E-state index in [2.05, 4.69) is 26.6 Å². The van der Waals surface area contributed by atoms with Crippen molar-refractivity contribution in [1.29, 1.82) is 0 Å². The van der Waals surface area contributed by atoms with Gasteiger partial charge in [0.25, 0.3) is 0 Å². The maximum Gasteiger partial charge on any atom is 0.243 e. The molecule has 0 aliphatic carbocycles. The molecule has 0 saturated heterocycles. The summed E-state index contributed by atoms with van der Waals surface area (Å²) in [5.74, 6) is -0.107. The first-order chi connectivity index (χ1) is 9.54. The van der Waals surface area contributed by atoms with Crippen LogP contribution in [-0.2, 0) is 4.79 Å². The summed E-state index contributed by atoms with van der Waals surface area (Å²) in [6.45, 7) is 2.13.